The molecule has 0 amide bonds. The molecule has 2 aromatic carbocycles. The molecule has 0 radical (unpaired) electrons. The van der Waals surface area contributed by atoms with E-state index >= 15 is 0 Å². The fourth-order valence-electron chi connectivity index (χ4n) is 2.15. The Bertz CT molecular complexity index is 559. The van der Waals surface area contributed by atoms with Gasteiger partial charge in [0.2, 0.25) is 0 Å². The van der Waals surface area contributed by atoms with Crippen LogP contribution in [0.1, 0.15) is 25.0 Å². The number of hydrogen-bond donors (Lipinski definition) is 2. The van der Waals surface area contributed by atoms with E-state index in [1.807, 2.05) is 0 Å². The fourth-order valence-corrected chi connectivity index (χ4v) is 2.15. The van der Waals surface area contributed by atoms with Crippen molar-refractivity contribution < 1.29 is 10.2 Å². The van der Waals surface area contributed by atoms with Gasteiger partial charge in [-0.05, 0) is 41.7 Å². The quantitative estimate of drug-likeness (QED) is 0.857. The molecular weight excluding hydrogens is 224 g/mol. The minimum atomic E-state index is 0.0842. The molecule has 0 unspecified atom stereocenters. The van der Waals surface area contributed by atoms with Crippen LogP contribution in [0.15, 0.2) is 36.4 Å². The molecule has 0 aliphatic carbocycles. The first-order chi connectivity index (χ1) is 8.65. The molecule has 2 rings (SSSR count). The standard InChI is InChI=1S/C16H18O2/c1-3-11-5-6-12(4-2)15(9-11)14-8-7-13(17)10-16(14)18/h5-10,17-18H,3-4H2,1-2H3. The van der Waals surface area contributed by atoms with E-state index in [-0.39, 0.29) is 11.5 Å². The minimum absolute atomic E-state index is 0.0842. The van der Waals surface area contributed by atoms with E-state index in [2.05, 4.69) is 32.0 Å². The summed E-state index contributed by atoms with van der Waals surface area (Å²) >= 11 is 0. The lowest BCUT2D eigenvalue weighted by atomic mass is 9.94. The minimum Gasteiger partial charge on any atom is -0.508 e. The van der Waals surface area contributed by atoms with Crippen LogP contribution in [-0.4, -0.2) is 10.2 Å². The van der Waals surface area contributed by atoms with Crippen molar-refractivity contribution in [3.05, 3.63) is 47.5 Å². The molecule has 18 heavy (non-hydrogen) atoms. The maximum atomic E-state index is 9.97. The zero-order chi connectivity index (χ0) is 13.1. The first kappa shape index (κ1) is 12.5. The molecule has 0 atom stereocenters. The van der Waals surface area contributed by atoms with E-state index in [0.29, 0.717) is 0 Å². The van der Waals surface area contributed by atoms with Crippen LogP contribution in [0.4, 0.5) is 0 Å². The van der Waals surface area contributed by atoms with Crippen LogP contribution in [0.25, 0.3) is 11.1 Å². The molecule has 0 aliphatic heterocycles. The summed E-state index contributed by atoms with van der Waals surface area (Å²) in [4.78, 5) is 0. The topological polar surface area (TPSA) is 40.5 Å². The van der Waals surface area contributed by atoms with Crippen LogP contribution in [0.3, 0.4) is 0 Å². The fraction of sp³-hybridized carbons (Fsp3) is 0.250. The summed E-state index contributed by atoms with van der Waals surface area (Å²) in [5.41, 5.74) is 4.28. The molecule has 0 heterocycles. The van der Waals surface area contributed by atoms with E-state index in [9.17, 15) is 10.2 Å². The van der Waals surface area contributed by atoms with Crippen molar-refractivity contribution in [3.63, 3.8) is 0 Å². The molecule has 0 spiro atoms. The average molecular weight is 242 g/mol. The summed E-state index contributed by atoms with van der Waals surface area (Å²) in [5, 5.41) is 19.3. The van der Waals surface area contributed by atoms with Gasteiger partial charge in [-0.25, -0.2) is 0 Å². The molecule has 0 saturated heterocycles. The van der Waals surface area contributed by atoms with Crippen LogP contribution in [0.5, 0.6) is 11.5 Å². The van der Waals surface area contributed by atoms with Crippen LogP contribution in [0.2, 0.25) is 0 Å². The Morgan fingerprint density at radius 1 is 0.833 bits per heavy atom. The molecule has 2 nitrogen and oxygen atoms in total. The Hall–Kier alpha value is -1.96. The highest BCUT2D eigenvalue weighted by molar-refractivity contribution is 5.74. The smallest absolute Gasteiger partial charge is 0.127 e. The van der Waals surface area contributed by atoms with Crippen molar-refractivity contribution in [2.75, 3.05) is 0 Å². The van der Waals surface area contributed by atoms with Crippen LogP contribution >= 0.6 is 0 Å². The van der Waals surface area contributed by atoms with Crippen LogP contribution in [0, 0.1) is 0 Å². The van der Waals surface area contributed by atoms with E-state index in [1.54, 1.807) is 12.1 Å². The number of aromatic hydroxyl groups is 2. The number of phenols is 2. The van der Waals surface area contributed by atoms with Gasteiger partial charge in [-0.15, -0.1) is 0 Å². The molecule has 2 aromatic rings. The largest absolute Gasteiger partial charge is 0.508 e. The second-order valence-electron chi connectivity index (χ2n) is 4.40. The Labute approximate surface area is 108 Å². The summed E-state index contributed by atoms with van der Waals surface area (Å²) in [6.07, 6.45) is 1.88. The van der Waals surface area contributed by atoms with Crippen LogP contribution < -0.4 is 0 Å². The van der Waals surface area contributed by atoms with E-state index in [1.165, 1.54) is 17.2 Å². The number of aryl methyl sites for hydroxylation is 2. The first-order valence-corrected chi connectivity index (χ1v) is 6.29. The van der Waals surface area contributed by atoms with Gasteiger partial charge in [0.05, 0.1) is 0 Å². The summed E-state index contributed by atoms with van der Waals surface area (Å²) in [7, 11) is 0. The molecule has 0 aromatic heterocycles. The zero-order valence-corrected chi connectivity index (χ0v) is 10.8. The molecule has 0 aliphatic rings. The van der Waals surface area contributed by atoms with Gasteiger partial charge in [0, 0.05) is 11.6 Å². The van der Waals surface area contributed by atoms with Gasteiger partial charge in [0.25, 0.3) is 0 Å². The zero-order valence-electron chi connectivity index (χ0n) is 10.8. The maximum absolute atomic E-state index is 9.97. The first-order valence-electron chi connectivity index (χ1n) is 6.29. The molecule has 94 valence electrons. The van der Waals surface area contributed by atoms with Crippen molar-refractivity contribution in [2.24, 2.45) is 0 Å². The summed E-state index contributed by atoms with van der Waals surface area (Å²) < 4.78 is 0. The summed E-state index contributed by atoms with van der Waals surface area (Å²) in [5.74, 6) is 0.207. The molecule has 2 N–H and O–H groups in total. The van der Waals surface area contributed by atoms with Crippen molar-refractivity contribution in [1.29, 1.82) is 0 Å². The average Bonchev–Trinajstić information content (AvgIpc) is 2.38. The van der Waals surface area contributed by atoms with Crippen molar-refractivity contribution in [2.45, 2.75) is 26.7 Å². The molecule has 0 saturated carbocycles. The maximum Gasteiger partial charge on any atom is 0.127 e. The van der Waals surface area contributed by atoms with Gasteiger partial charge >= 0.3 is 0 Å². The van der Waals surface area contributed by atoms with Crippen molar-refractivity contribution >= 4 is 0 Å². The van der Waals surface area contributed by atoms with Crippen molar-refractivity contribution in [1.82, 2.24) is 0 Å². The number of rotatable bonds is 3. The lowest BCUT2D eigenvalue weighted by molar-refractivity contribution is 0.452. The van der Waals surface area contributed by atoms with E-state index < -0.39 is 0 Å². The predicted molar refractivity (Wildman–Crippen MR) is 74.0 cm³/mol. The molecular formula is C16H18O2. The van der Waals surface area contributed by atoms with Gasteiger partial charge < -0.3 is 10.2 Å². The molecule has 0 bridgehead atoms. The lowest BCUT2D eigenvalue weighted by Gasteiger charge is -2.12. The second-order valence-corrected chi connectivity index (χ2v) is 4.40. The Balaban J connectivity index is 2.60. The third kappa shape index (κ3) is 2.33. The lowest BCUT2D eigenvalue weighted by Crippen LogP contribution is -1.91. The number of hydrogen-bond acceptors (Lipinski definition) is 2. The normalized spacial score (nSPS) is 10.6. The molecule has 0 fully saturated rings. The van der Waals surface area contributed by atoms with E-state index in [0.717, 1.165) is 24.0 Å². The monoisotopic (exact) mass is 242 g/mol. The van der Waals surface area contributed by atoms with Gasteiger partial charge in [-0.3, -0.25) is 0 Å². The summed E-state index contributed by atoms with van der Waals surface area (Å²) in [6, 6.07) is 11.1. The van der Waals surface area contributed by atoms with Crippen molar-refractivity contribution in [3.8, 4) is 22.6 Å². The highest BCUT2D eigenvalue weighted by Gasteiger charge is 2.09. The summed E-state index contributed by atoms with van der Waals surface area (Å²) in [6.45, 7) is 4.21. The van der Waals surface area contributed by atoms with Gasteiger partial charge in [0.15, 0.2) is 0 Å². The Kier molecular flexibility index (Phi) is 3.56. The predicted octanol–water partition coefficient (Wildman–Crippen LogP) is 3.89. The van der Waals surface area contributed by atoms with E-state index in [4.69, 9.17) is 0 Å². The number of phenolic OH excluding ortho intramolecular Hbond substituents is 2. The highest BCUT2D eigenvalue weighted by atomic mass is 16.3. The second kappa shape index (κ2) is 5.13. The SMILES string of the molecule is CCc1ccc(CC)c(-c2ccc(O)cc2O)c1. The van der Waals surface area contributed by atoms with Gasteiger partial charge in [0.1, 0.15) is 11.5 Å². The van der Waals surface area contributed by atoms with Gasteiger partial charge in [-0.2, -0.15) is 0 Å². The molecule has 2 heteroatoms. The van der Waals surface area contributed by atoms with Gasteiger partial charge in [-0.1, -0.05) is 32.0 Å². The Morgan fingerprint density at radius 3 is 2.22 bits per heavy atom. The third-order valence-corrected chi connectivity index (χ3v) is 3.23. The van der Waals surface area contributed by atoms with Crippen LogP contribution in [-0.2, 0) is 12.8 Å². The number of benzene rings is 2. The third-order valence-electron chi connectivity index (χ3n) is 3.23. The Morgan fingerprint density at radius 2 is 1.61 bits per heavy atom. The highest BCUT2D eigenvalue weighted by Crippen LogP contribution is 2.34.